The molecule has 20 heavy (non-hydrogen) atoms. The molecule has 112 valence electrons. The SMILES string of the molecule is CCC1CNC(C(C)(C)C)CN1c1cc(F)ccc1F. The molecule has 0 aromatic heterocycles. The zero-order valence-corrected chi connectivity index (χ0v) is 12.7. The van der Waals surface area contributed by atoms with E-state index in [1.54, 1.807) is 0 Å². The number of hydrogen-bond donors (Lipinski definition) is 1. The molecular formula is C16H24F2N2. The van der Waals surface area contributed by atoms with Crippen LogP contribution < -0.4 is 10.2 Å². The molecule has 1 saturated heterocycles. The van der Waals surface area contributed by atoms with Crippen molar-refractivity contribution in [3.05, 3.63) is 29.8 Å². The van der Waals surface area contributed by atoms with Crippen molar-refractivity contribution in [1.82, 2.24) is 5.32 Å². The van der Waals surface area contributed by atoms with Crippen LogP contribution in [0.1, 0.15) is 34.1 Å². The first-order valence-corrected chi connectivity index (χ1v) is 7.28. The normalized spacial score (nSPS) is 24.0. The Hall–Kier alpha value is -1.16. The van der Waals surface area contributed by atoms with E-state index in [1.165, 1.54) is 18.2 Å². The summed E-state index contributed by atoms with van der Waals surface area (Å²) in [5, 5.41) is 3.54. The topological polar surface area (TPSA) is 15.3 Å². The molecule has 0 aliphatic carbocycles. The molecule has 1 aromatic carbocycles. The maximum atomic E-state index is 14.1. The van der Waals surface area contributed by atoms with Gasteiger partial charge in [0.25, 0.3) is 0 Å². The number of piperazine rings is 1. The number of nitrogens with one attached hydrogen (secondary N) is 1. The summed E-state index contributed by atoms with van der Waals surface area (Å²) in [6.07, 6.45) is 0.903. The van der Waals surface area contributed by atoms with Gasteiger partial charge in [-0.3, -0.25) is 0 Å². The van der Waals surface area contributed by atoms with E-state index in [1.807, 2.05) is 4.90 Å². The van der Waals surface area contributed by atoms with Gasteiger partial charge in [-0.2, -0.15) is 0 Å². The van der Waals surface area contributed by atoms with Gasteiger partial charge < -0.3 is 10.2 Å². The zero-order valence-electron chi connectivity index (χ0n) is 12.7. The predicted octanol–water partition coefficient (Wildman–Crippen LogP) is 3.57. The minimum Gasteiger partial charge on any atom is -0.363 e. The van der Waals surface area contributed by atoms with Gasteiger partial charge in [0, 0.05) is 31.2 Å². The molecule has 1 aliphatic heterocycles. The lowest BCUT2D eigenvalue weighted by Crippen LogP contribution is -2.60. The summed E-state index contributed by atoms with van der Waals surface area (Å²) < 4.78 is 27.5. The molecule has 2 rings (SSSR count). The molecular weight excluding hydrogens is 258 g/mol. The monoisotopic (exact) mass is 282 g/mol. The van der Waals surface area contributed by atoms with Gasteiger partial charge in [0.1, 0.15) is 11.6 Å². The summed E-state index contributed by atoms with van der Waals surface area (Å²) in [4.78, 5) is 2.02. The van der Waals surface area contributed by atoms with E-state index in [4.69, 9.17) is 0 Å². The Morgan fingerprint density at radius 3 is 2.60 bits per heavy atom. The van der Waals surface area contributed by atoms with Crippen molar-refractivity contribution >= 4 is 5.69 Å². The highest BCUT2D eigenvalue weighted by Gasteiger charge is 2.34. The first kappa shape index (κ1) is 15.2. The van der Waals surface area contributed by atoms with E-state index in [0.29, 0.717) is 12.2 Å². The molecule has 0 spiro atoms. The largest absolute Gasteiger partial charge is 0.363 e. The van der Waals surface area contributed by atoms with E-state index in [2.05, 4.69) is 33.0 Å². The molecule has 2 nitrogen and oxygen atoms in total. The maximum Gasteiger partial charge on any atom is 0.146 e. The summed E-state index contributed by atoms with van der Waals surface area (Å²) >= 11 is 0. The molecule has 1 aromatic rings. The summed E-state index contributed by atoms with van der Waals surface area (Å²) in [5.41, 5.74) is 0.466. The molecule has 0 bridgehead atoms. The fourth-order valence-electron chi connectivity index (χ4n) is 2.74. The van der Waals surface area contributed by atoms with Gasteiger partial charge in [-0.1, -0.05) is 27.7 Å². The molecule has 1 N–H and O–H groups in total. The number of anilines is 1. The van der Waals surface area contributed by atoms with E-state index in [-0.39, 0.29) is 29.1 Å². The average Bonchev–Trinajstić information content (AvgIpc) is 2.40. The second-order valence-corrected chi connectivity index (χ2v) is 6.64. The lowest BCUT2D eigenvalue weighted by Gasteiger charge is -2.46. The van der Waals surface area contributed by atoms with Crippen LogP contribution in [0.15, 0.2) is 18.2 Å². The summed E-state index contributed by atoms with van der Waals surface area (Å²) in [5.74, 6) is -0.735. The Kier molecular flexibility index (Phi) is 4.33. The van der Waals surface area contributed by atoms with Crippen LogP contribution in [0.25, 0.3) is 0 Å². The van der Waals surface area contributed by atoms with E-state index < -0.39 is 0 Å². The van der Waals surface area contributed by atoms with Crippen molar-refractivity contribution in [2.45, 2.75) is 46.2 Å². The molecule has 1 fully saturated rings. The Bertz CT molecular complexity index is 468. The number of benzene rings is 1. The van der Waals surface area contributed by atoms with Crippen molar-refractivity contribution in [2.24, 2.45) is 5.41 Å². The average molecular weight is 282 g/mol. The van der Waals surface area contributed by atoms with Crippen LogP contribution >= 0.6 is 0 Å². The van der Waals surface area contributed by atoms with Gasteiger partial charge in [0.05, 0.1) is 5.69 Å². The fourth-order valence-corrected chi connectivity index (χ4v) is 2.74. The number of hydrogen-bond acceptors (Lipinski definition) is 2. The third kappa shape index (κ3) is 3.11. The molecule has 2 atom stereocenters. The first-order valence-electron chi connectivity index (χ1n) is 7.28. The van der Waals surface area contributed by atoms with Gasteiger partial charge in [0.2, 0.25) is 0 Å². The maximum absolute atomic E-state index is 14.1. The molecule has 4 heteroatoms. The van der Waals surface area contributed by atoms with E-state index in [0.717, 1.165) is 13.0 Å². The van der Waals surface area contributed by atoms with Gasteiger partial charge >= 0.3 is 0 Å². The smallest absolute Gasteiger partial charge is 0.146 e. The van der Waals surface area contributed by atoms with Crippen molar-refractivity contribution in [3.8, 4) is 0 Å². The van der Waals surface area contributed by atoms with Crippen molar-refractivity contribution < 1.29 is 8.78 Å². The van der Waals surface area contributed by atoms with Crippen LogP contribution in [-0.2, 0) is 0 Å². The van der Waals surface area contributed by atoms with Crippen LogP contribution in [-0.4, -0.2) is 25.2 Å². The van der Waals surface area contributed by atoms with Crippen molar-refractivity contribution in [3.63, 3.8) is 0 Å². The third-order valence-electron chi connectivity index (χ3n) is 4.15. The van der Waals surface area contributed by atoms with Crippen LogP contribution in [0.4, 0.5) is 14.5 Å². The van der Waals surface area contributed by atoms with Crippen LogP contribution in [0, 0.1) is 17.0 Å². The lowest BCUT2D eigenvalue weighted by molar-refractivity contribution is 0.233. The summed E-state index contributed by atoms with van der Waals surface area (Å²) in [6, 6.07) is 4.15. The number of nitrogens with zero attached hydrogens (tertiary/aromatic N) is 1. The lowest BCUT2D eigenvalue weighted by atomic mass is 9.84. The Morgan fingerprint density at radius 1 is 1.30 bits per heavy atom. The standard InChI is InChI=1S/C16H24F2N2/c1-5-12-9-19-15(16(2,3)4)10-20(12)14-8-11(17)6-7-13(14)18/h6-8,12,15,19H,5,9-10H2,1-4H3. The van der Waals surface area contributed by atoms with Crippen molar-refractivity contribution in [2.75, 3.05) is 18.0 Å². The molecule has 0 amide bonds. The minimum atomic E-state index is -0.387. The third-order valence-corrected chi connectivity index (χ3v) is 4.15. The van der Waals surface area contributed by atoms with Gasteiger partial charge in [-0.15, -0.1) is 0 Å². The molecule has 1 aliphatic rings. The van der Waals surface area contributed by atoms with Crippen molar-refractivity contribution in [1.29, 1.82) is 0 Å². The highest BCUT2D eigenvalue weighted by Crippen LogP contribution is 2.30. The minimum absolute atomic E-state index is 0.0841. The van der Waals surface area contributed by atoms with E-state index >= 15 is 0 Å². The molecule has 0 radical (unpaired) electrons. The quantitative estimate of drug-likeness (QED) is 0.892. The van der Waals surface area contributed by atoms with Crippen LogP contribution in [0.5, 0.6) is 0 Å². The van der Waals surface area contributed by atoms with Gasteiger partial charge in [0.15, 0.2) is 0 Å². The second-order valence-electron chi connectivity index (χ2n) is 6.64. The van der Waals surface area contributed by atoms with Gasteiger partial charge in [-0.05, 0) is 24.0 Å². The predicted molar refractivity (Wildman–Crippen MR) is 79.0 cm³/mol. The van der Waals surface area contributed by atoms with Crippen LogP contribution in [0.2, 0.25) is 0 Å². The van der Waals surface area contributed by atoms with E-state index in [9.17, 15) is 8.78 Å². The second kappa shape index (κ2) is 5.68. The Labute approximate surface area is 120 Å². The fraction of sp³-hybridized carbons (Fsp3) is 0.625. The summed E-state index contributed by atoms with van der Waals surface area (Å²) in [6.45, 7) is 10.1. The highest BCUT2D eigenvalue weighted by atomic mass is 19.1. The molecule has 2 unspecified atom stereocenters. The number of halogens is 2. The molecule has 1 heterocycles. The Balaban J connectivity index is 2.32. The zero-order chi connectivity index (χ0) is 14.9. The summed E-state index contributed by atoms with van der Waals surface area (Å²) in [7, 11) is 0. The number of rotatable bonds is 2. The molecule has 0 saturated carbocycles. The van der Waals surface area contributed by atoms with Gasteiger partial charge in [-0.25, -0.2) is 8.78 Å². The Morgan fingerprint density at radius 2 is 2.00 bits per heavy atom. The highest BCUT2D eigenvalue weighted by molar-refractivity contribution is 5.50. The first-order chi connectivity index (χ1) is 9.32. The van der Waals surface area contributed by atoms with Crippen LogP contribution in [0.3, 0.4) is 0 Å².